The van der Waals surface area contributed by atoms with Crippen LogP contribution in [0.1, 0.15) is 40.9 Å². The zero-order valence-electron chi connectivity index (χ0n) is 21.4. The van der Waals surface area contributed by atoms with Crippen LogP contribution in [0.5, 0.6) is 0 Å². The minimum absolute atomic E-state index is 0.0407. The quantitative estimate of drug-likeness (QED) is 0.254. The van der Waals surface area contributed by atoms with E-state index in [-0.39, 0.29) is 35.4 Å². The van der Waals surface area contributed by atoms with Gasteiger partial charge >= 0.3 is 0 Å². The molecule has 1 unspecified atom stereocenters. The van der Waals surface area contributed by atoms with Crippen LogP contribution in [0.4, 0.5) is 21.7 Å². The van der Waals surface area contributed by atoms with E-state index >= 15 is 4.39 Å². The van der Waals surface area contributed by atoms with Gasteiger partial charge in [0.15, 0.2) is 11.6 Å². The summed E-state index contributed by atoms with van der Waals surface area (Å²) < 4.78 is 21.2. The maximum Gasteiger partial charge on any atom is 0.252 e. The number of benzene rings is 1. The lowest BCUT2D eigenvalue weighted by atomic mass is 9.88. The van der Waals surface area contributed by atoms with E-state index in [9.17, 15) is 4.79 Å². The molecule has 39 heavy (non-hydrogen) atoms. The molecule has 1 aliphatic carbocycles. The van der Waals surface area contributed by atoms with Crippen molar-refractivity contribution in [1.29, 1.82) is 0 Å². The van der Waals surface area contributed by atoms with Gasteiger partial charge in [0.25, 0.3) is 5.91 Å². The summed E-state index contributed by atoms with van der Waals surface area (Å²) in [6, 6.07) is 12.2. The number of pyridine rings is 2. The number of nitrogens with one attached hydrogen (secondary N) is 2. The zero-order valence-corrected chi connectivity index (χ0v) is 21.4. The predicted octanol–water partition coefficient (Wildman–Crippen LogP) is 3.22. The average Bonchev–Trinajstić information content (AvgIpc) is 3.47. The van der Waals surface area contributed by atoms with E-state index in [0.29, 0.717) is 36.5 Å². The van der Waals surface area contributed by atoms with Gasteiger partial charge in [0.05, 0.1) is 48.2 Å². The average molecular weight is 532 g/mol. The highest BCUT2D eigenvalue weighted by Gasteiger charge is 2.30. The van der Waals surface area contributed by atoms with Crippen molar-refractivity contribution in [2.24, 2.45) is 11.5 Å². The number of anilines is 3. The molecule has 1 saturated carbocycles. The maximum absolute atomic E-state index is 15.1. The van der Waals surface area contributed by atoms with E-state index in [0.717, 1.165) is 18.1 Å². The minimum Gasteiger partial charge on any atom is -0.373 e. The van der Waals surface area contributed by atoms with Gasteiger partial charge in [-0.05, 0) is 43.9 Å². The molecule has 6 N–H and O–H groups in total. The molecule has 3 heterocycles. The number of amides is 1. The Morgan fingerprint density at radius 3 is 2.67 bits per heavy atom. The second kappa shape index (κ2) is 11.5. The van der Waals surface area contributed by atoms with Crippen molar-refractivity contribution in [2.75, 3.05) is 10.6 Å². The van der Waals surface area contributed by atoms with Crippen molar-refractivity contribution >= 4 is 23.2 Å². The summed E-state index contributed by atoms with van der Waals surface area (Å²) in [6.07, 6.45) is 6.73. The lowest BCUT2D eigenvalue weighted by molar-refractivity contribution is 0.0106. The number of aromatic nitrogens is 5. The largest absolute Gasteiger partial charge is 0.373 e. The van der Waals surface area contributed by atoms with Crippen LogP contribution in [-0.4, -0.2) is 49.1 Å². The van der Waals surface area contributed by atoms with Gasteiger partial charge in [-0.2, -0.15) is 10.2 Å². The third kappa shape index (κ3) is 6.19. The smallest absolute Gasteiger partial charge is 0.252 e. The highest BCUT2D eigenvalue weighted by Crippen LogP contribution is 2.28. The Kier molecular flexibility index (Phi) is 7.75. The first-order valence-corrected chi connectivity index (χ1v) is 12.7. The molecule has 1 aromatic carbocycles. The third-order valence-corrected chi connectivity index (χ3v) is 6.70. The highest BCUT2D eigenvalue weighted by atomic mass is 19.1. The molecule has 5 rings (SSSR count). The van der Waals surface area contributed by atoms with E-state index in [2.05, 4.69) is 30.8 Å². The van der Waals surface area contributed by atoms with E-state index in [1.807, 2.05) is 37.3 Å². The molecule has 0 aliphatic heterocycles. The van der Waals surface area contributed by atoms with Gasteiger partial charge in [0.1, 0.15) is 11.5 Å². The molecule has 1 aliphatic rings. The van der Waals surface area contributed by atoms with Gasteiger partial charge in [-0.25, -0.2) is 9.37 Å². The SMILES string of the molecule is Cc1ncc(Nc2nc(NC3C[C@@H](OCc4ccccc4)CC[C@@H]3N)c(F)cc2C(N)=O)cc1-n1nccn1. The van der Waals surface area contributed by atoms with Crippen molar-refractivity contribution in [3.63, 3.8) is 0 Å². The predicted molar refractivity (Wildman–Crippen MR) is 144 cm³/mol. The second-order valence-electron chi connectivity index (χ2n) is 9.50. The Hall–Kier alpha value is -4.42. The van der Waals surface area contributed by atoms with Gasteiger partial charge in [-0.3, -0.25) is 9.78 Å². The van der Waals surface area contributed by atoms with Crippen molar-refractivity contribution in [3.8, 4) is 5.69 Å². The normalized spacial score (nSPS) is 19.0. The van der Waals surface area contributed by atoms with E-state index < -0.39 is 11.7 Å². The number of nitrogens with zero attached hydrogens (tertiary/aromatic N) is 5. The fourth-order valence-corrected chi connectivity index (χ4v) is 4.58. The topological polar surface area (TPSA) is 159 Å². The van der Waals surface area contributed by atoms with Crippen molar-refractivity contribution in [2.45, 2.75) is 51.0 Å². The molecule has 0 spiro atoms. The number of hydrogen-bond acceptors (Lipinski definition) is 9. The Labute approximate surface area is 224 Å². The van der Waals surface area contributed by atoms with Gasteiger partial charge in [0, 0.05) is 12.1 Å². The zero-order chi connectivity index (χ0) is 27.4. The summed E-state index contributed by atoms with van der Waals surface area (Å²) in [5.41, 5.74) is 14.7. The molecule has 4 aromatic rings. The molecule has 0 bridgehead atoms. The van der Waals surface area contributed by atoms with E-state index in [4.69, 9.17) is 16.2 Å². The molecule has 202 valence electrons. The number of primary amides is 1. The third-order valence-electron chi connectivity index (χ3n) is 6.70. The first-order chi connectivity index (χ1) is 18.9. The number of aryl methyl sites for hydroxylation is 1. The fourth-order valence-electron chi connectivity index (χ4n) is 4.58. The van der Waals surface area contributed by atoms with Crippen LogP contribution >= 0.6 is 0 Å². The lowest BCUT2D eigenvalue weighted by Gasteiger charge is -2.35. The number of carbonyl (C=O) groups excluding carboxylic acids is 1. The summed E-state index contributed by atoms with van der Waals surface area (Å²) in [4.78, 5) is 22.3. The number of halogens is 1. The van der Waals surface area contributed by atoms with Crippen LogP contribution in [0, 0.1) is 12.7 Å². The highest BCUT2D eigenvalue weighted by molar-refractivity contribution is 5.98. The molecular weight excluding hydrogens is 501 g/mol. The standard InChI is InChI=1S/C27H30FN9O2/c1-16-24(37-32-9-10-33-37)11-18(14-31-16)34-26-20(25(30)38)13-21(28)27(36-26)35-23-12-19(7-8-22(23)29)39-15-17-5-3-2-4-6-17/h2-6,9-11,13-14,19,22-23H,7-8,12,15,29H2,1H3,(H2,30,38)(H2,34,35,36)/t19-,22-,23?/m0/s1. The molecule has 3 atom stereocenters. The number of ether oxygens (including phenoxy) is 1. The molecule has 0 saturated heterocycles. The molecule has 3 aromatic heterocycles. The number of hydrogen-bond donors (Lipinski definition) is 4. The van der Waals surface area contributed by atoms with Crippen LogP contribution in [0.2, 0.25) is 0 Å². The Morgan fingerprint density at radius 2 is 1.92 bits per heavy atom. The first-order valence-electron chi connectivity index (χ1n) is 12.7. The van der Waals surface area contributed by atoms with Gasteiger partial charge in [-0.15, -0.1) is 4.80 Å². The van der Waals surface area contributed by atoms with Crippen molar-refractivity contribution in [1.82, 2.24) is 25.0 Å². The van der Waals surface area contributed by atoms with E-state index in [1.165, 1.54) is 4.80 Å². The number of carbonyl (C=O) groups is 1. The van der Waals surface area contributed by atoms with Gasteiger partial charge in [0.2, 0.25) is 0 Å². The summed E-state index contributed by atoms with van der Waals surface area (Å²) in [7, 11) is 0. The van der Waals surface area contributed by atoms with Crippen LogP contribution in [0.15, 0.2) is 61.1 Å². The number of rotatable bonds is 9. The lowest BCUT2D eigenvalue weighted by Crippen LogP contribution is -2.47. The monoisotopic (exact) mass is 531 g/mol. The molecule has 11 nitrogen and oxygen atoms in total. The summed E-state index contributed by atoms with van der Waals surface area (Å²) >= 11 is 0. The maximum atomic E-state index is 15.1. The van der Waals surface area contributed by atoms with Crippen molar-refractivity contribution < 1.29 is 13.9 Å². The van der Waals surface area contributed by atoms with E-state index in [1.54, 1.807) is 24.7 Å². The summed E-state index contributed by atoms with van der Waals surface area (Å²) in [5.74, 6) is -1.50. The minimum atomic E-state index is -0.826. The summed E-state index contributed by atoms with van der Waals surface area (Å²) in [6.45, 7) is 2.31. The van der Waals surface area contributed by atoms with Crippen LogP contribution in [-0.2, 0) is 11.3 Å². The second-order valence-corrected chi connectivity index (χ2v) is 9.50. The Bertz CT molecular complexity index is 1430. The van der Waals surface area contributed by atoms with Crippen molar-refractivity contribution in [3.05, 3.63) is 83.7 Å². The molecular formula is C27H30FN9O2. The van der Waals surface area contributed by atoms with Crippen LogP contribution in [0.3, 0.4) is 0 Å². The number of nitrogens with two attached hydrogens (primary N) is 2. The molecule has 1 fully saturated rings. The Balaban J connectivity index is 1.35. The van der Waals surface area contributed by atoms with Crippen LogP contribution < -0.4 is 22.1 Å². The molecule has 0 radical (unpaired) electrons. The van der Waals surface area contributed by atoms with Gasteiger partial charge in [-0.1, -0.05) is 30.3 Å². The van der Waals surface area contributed by atoms with Gasteiger partial charge < -0.3 is 26.8 Å². The first kappa shape index (κ1) is 26.2. The summed E-state index contributed by atoms with van der Waals surface area (Å²) in [5, 5.41) is 14.5. The Morgan fingerprint density at radius 1 is 1.15 bits per heavy atom. The molecule has 12 heteroatoms. The fraction of sp³-hybridized carbons (Fsp3) is 0.296. The molecule has 1 amide bonds. The van der Waals surface area contributed by atoms with Crippen LogP contribution in [0.25, 0.3) is 5.69 Å².